The molecule has 118 valence electrons. The predicted molar refractivity (Wildman–Crippen MR) is 80.9 cm³/mol. The molecule has 5 heteroatoms. The lowest BCUT2D eigenvalue weighted by atomic mass is 9.86. The van der Waals surface area contributed by atoms with Gasteiger partial charge >= 0.3 is 0 Å². The Balaban J connectivity index is 2.06. The van der Waals surface area contributed by atoms with Crippen LogP contribution in [0.2, 0.25) is 0 Å². The van der Waals surface area contributed by atoms with Gasteiger partial charge in [-0.05, 0) is 32.2 Å². The molecule has 0 spiro atoms. The summed E-state index contributed by atoms with van der Waals surface area (Å²) in [6.07, 6.45) is 4.88. The normalized spacial score (nSPS) is 30.3. The molecule has 2 rings (SSSR count). The van der Waals surface area contributed by atoms with E-state index in [0.29, 0.717) is 6.04 Å². The van der Waals surface area contributed by atoms with Crippen molar-refractivity contribution in [3.63, 3.8) is 0 Å². The molecule has 20 heavy (non-hydrogen) atoms. The molecule has 0 aromatic heterocycles. The van der Waals surface area contributed by atoms with E-state index in [4.69, 9.17) is 15.2 Å². The van der Waals surface area contributed by atoms with Crippen molar-refractivity contribution < 1.29 is 9.47 Å². The van der Waals surface area contributed by atoms with Gasteiger partial charge in [0.05, 0.1) is 6.61 Å². The van der Waals surface area contributed by atoms with E-state index in [-0.39, 0.29) is 5.54 Å². The molecule has 5 nitrogen and oxygen atoms in total. The van der Waals surface area contributed by atoms with Gasteiger partial charge in [-0.2, -0.15) is 0 Å². The van der Waals surface area contributed by atoms with Gasteiger partial charge in [0, 0.05) is 58.6 Å². The topological polar surface area (TPSA) is 51.0 Å². The number of hydrogen-bond acceptors (Lipinski definition) is 5. The van der Waals surface area contributed by atoms with Gasteiger partial charge in [-0.1, -0.05) is 0 Å². The predicted octanol–water partition coefficient (Wildman–Crippen LogP) is 0.537. The van der Waals surface area contributed by atoms with Crippen LogP contribution in [0.5, 0.6) is 0 Å². The van der Waals surface area contributed by atoms with E-state index in [1.54, 1.807) is 14.2 Å². The minimum Gasteiger partial charge on any atom is -0.385 e. The van der Waals surface area contributed by atoms with Gasteiger partial charge in [0.1, 0.15) is 0 Å². The average molecular weight is 285 g/mol. The van der Waals surface area contributed by atoms with Crippen LogP contribution in [0.15, 0.2) is 0 Å². The van der Waals surface area contributed by atoms with Crippen LogP contribution in [0.4, 0.5) is 0 Å². The molecule has 0 bridgehead atoms. The fourth-order valence-electron chi connectivity index (χ4n) is 4.10. The third-order valence-corrected chi connectivity index (χ3v) is 5.14. The maximum atomic E-state index is 6.26. The maximum absolute atomic E-state index is 6.26. The quantitative estimate of drug-likeness (QED) is 0.627. The van der Waals surface area contributed by atoms with E-state index in [1.807, 2.05) is 0 Å². The molecule has 2 atom stereocenters. The van der Waals surface area contributed by atoms with Crippen molar-refractivity contribution >= 4 is 0 Å². The summed E-state index contributed by atoms with van der Waals surface area (Å²) in [5.41, 5.74) is 6.42. The Morgan fingerprint density at radius 3 is 2.70 bits per heavy atom. The zero-order valence-corrected chi connectivity index (χ0v) is 13.1. The van der Waals surface area contributed by atoms with Crippen LogP contribution in [-0.4, -0.2) is 81.5 Å². The summed E-state index contributed by atoms with van der Waals surface area (Å²) >= 11 is 0. The SMILES string of the molecule is COCCCN(CCOC)C1(CN)CCN2CCCC21. The lowest BCUT2D eigenvalue weighted by molar-refractivity contribution is 0.0334. The lowest BCUT2D eigenvalue weighted by Gasteiger charge is -2.44. The molecule has 2 aliphatic heterocycles. The van der Waals surface area contributed by atoms with E-state index in [1.165, 1.54) is 32.4 Å². The minimum absolute atomic E-state index is 0.156. The summed E-state index contributed by atoms with van der Waals surface area (Å²) in [5, 5.41) is 0. The molecular formula is C15H31N3O2. The number of hydrogen-bond donors (Lipinski definition) is 1. The number of methoxy groups -OCH3 is 2. The molecule has 0 radical (unpaired) electrons. The van der Waals surface area contributed by atoms with Crippen molar-refractivity contribution in [3.05, 3.63) is 0 Å². The third-order valence-electron chi connectivity index (χ3n) is 5.14. The first-order valence-corrected chi connectivity index (χ1v) is 7.95. The van der Waals surface area contributed by atoms with E-state index in [0.717, 1.165) is 39.3 Å². The van der Waals surface area contributed by atoms with Gasteiger partial charge in [0.2, 0.25) is 0 Å². The molecule has 2 heterocycles. The van der Waals surface area contributed by atoms with Crippen LogP contribution in [-0.2, 0) is 9.47 Å². The van der Waals surface area contributed by atoms with Gasteiger partial charge < -0.3 is 15.2 Å². The van der Waals surface area contributed by atoms with Crippen LogP contribution < -0.4 is 5.73 Å². The Kier molecular flexibility index (Phi) is 6.23. The van der Waals surface area contributed by atoms with Crippen molar-refractivity contribution in [1.82, 2.24) is 9.80 Å². The highest BCUT2D eigenvalue weighted by Gasteiger charge is 2.51. The van der Waals surface area contributed by atoms with Gasteiger partial charge in [-0.25, -0.2) is 0 Å². The molecular weight excluding hydrogens is 254 g/mol. The maximum Gasteiger partial charge on any atom is 0.0589 e. The largest absolute Gasteiger partial charge is 0.385 e. The number of fused-ring (bicyclic) bond motifs is 1. The van der Waals surface area contributed by atoms with E-state index in [9.17, 15) is 0 Å². The molecule has 2 unspecified atom stereocenters. The Bertz CT molecular complexity index is 290. The molecule has 0 aromatic rings. The van der Waals surface area contributed by atoms with Gasteiger partial charge in [-0.3, -0.25) is 9.80 Å². The summed E-state index contributed by atoms with van der Waals surface area (Å²) in [4.78, 5) is 5.23. The number of rotatable bonds is 9. The van der Waals surface area contributed by atoms with E-state index in [2.05, 4.69) is 9.80 Å². The van der Waals surface area contributed by atoms with E-state index < -0.39 is 0 Å². The molecule has 2 N–H and O–H groups in total. The fourth-order valence-corrected chi connectivity index (χ4v) is 4.10. The fraction of sp³-hybridized carbons (Fsp3) is 1.00. The smallest absolute Gasteiger partial charge is 0.0589 e. The summed E-state index contributed by atoms with van der Waals surface area (Å²) in [7, 11) is 3.55. The first-order chi connectivity index (χ1) is 9.78. The third kappa shape index (κ3) is 3.17. The molecule has 2 aliphatic rings. The second-order valence-electron chi connectivity index (χ2n) is 6.08. The Morgan fingerprint density at radius 1 is 1.20 bits per heavy atom. The van der Waals surface area contributed by atoms with Crippen LogP contribution in [0.1, 0.15) is 25.7 Å². The first-order valence-electron chi connectivity index (χ1n) is 7.95. The summed E-state index contributed by atoms with van der Waals surface area (Å²) in [6.45, 7) is 6.84. The lowest BCUT2D eigenvalue weighted by Crippen LogP contribution is -2.60. The second-order valence-corrected chi connectivity index (χ2v) is 6.08. The summed E-state index contributed by atoms with van der Waals surface area (Å²) in [5.74, 6) is 0. The molecule has 0 amide bonds. The Morgan fingerprint density at radius 2 is 2.00 bits per heavy atom. The highest BCUT2D eigenvalue weighted by molar-refractivity contribution is 5.09. The standard InChI is InChI=1S/C15H31N3O2/c1-19-11-4-8-18(10-12-20-2)15(13-16)6-9-17-7-3-5-14(15)17/h14H,3-13,16H2,1-2H3. The number of nitrogens with zero attached hydrogens (tertiary/aromatic N) is 2. The van der Waals surface area contributed by atoms with Gasteiger partial charge in [0.15, 0.2) is 0 Å². The monoisotopic (exact) mass is 285 g/mol. The van der Waals surface area contributed by atoms with Gasteiger partial charge in [-0.15, -0.1) is 0 Å². The van der Waals surface area contributed by atoms with Crippen molar-refractivity contribution in [2.24, 2.45) is 5.73 Å². The molecule has 0 saturated carbocycles. The second kappa shape index (κ2) is 7.71. The molecule has 0 aliphatic carbocycles. The number of nitrogens with two attached hydrogens (primary N) is 1. The van der Waals surface area contributed by atoms with E-state index >= 15 is 0 Å². The van der Waals surface area contributed by atoms with Crippen LogP contribution in [0.25, 0.3) is 0 Å². The number of ether oxygens (including phenoxy) is 2. The summed E-state index contributed by atoms with van der Waals surface area (Å²) in [6, 6.07) is 0.645. The Hall–Kier alpha value is -0.200. The van der Waals surface area contributed by atoms with Crippen LogP contribution >= 0.6 is 0 Å². The average Bonchev–Trinajstić information content (AvgIpc) is 3.05. The van der Waals surface area contributed by atoms with Crippen LogP contribution in [0, 0.1) is 0 Å². The van der Waals surface area contributed by atoms with Crippen molar-refractivity contribution in [1.29, 1.82) is 0 Å². The molecule has 2 fully saturated rings. The molecule has 0 aromatic carbocycles. The highest BCUT2D eigenvalue weighted by Crippen LogP contribution is 2.39. The van der Waals surface area contributed by atoms with Gasteiger partial charge in [0.25, 0.3) is 0 Å². The van der Waals surface area contributed by atoms with Crippen molar-refractivity contribution in [3.8, 4) is 0 Å². The molecule has 2 saturated heterocycles. The van der Waals surface area contributed by atoms with Crippen molar-refractivity contribution in [2.75, 3.05) is 60.2 Å². The van der Waals surface area contributed by atoms with Crippen molar-refractivity contribution in [2.45, 2.75) is 37.3 Å². The zero-order chi connectivity index (χ0) is 14.4. The highest BCUT2D eigenvalue weighted by atomic mass is 16.5. The minimum atomic E-state index is 0.156. The summed E-state index contributed by atoms with van der Waals surface area (Å²) < 4.78 is 10.5. The zero-order valence-electron chi connectivity index (χ0n) is 13.1. The van der Waals surface area contributed by atoms with Crippen LogP contribution in [0.3, 0.4) is 0 Å². The first kappa shape index (κ1) is 16.2. The Labute approximate surface area is 123 Å².